The molecule has 0 aliphatic rings. The zero-order valence-electron chi connectivity index (χ0n) is 17.8. The van der Waals surface area contributed by atoms with Gasteiger partial charge in [0, 0.05) is 23.5 Å². The zero-order chi connectivity index (χ0) is 23.5. The normalized spacial score (nSPS) is 12.0. The van der Waals surface area contributed by atoms with Gasteiger partial charge in [-0.3, -0.25) is 9.59 Å². The number of ether oxygens (including phenoxy) is 1. The number of fused-ring (bicyclic) bond motifs is 2. The molecule has 3 aromatic heterocycles. The molecule has 0 saturated heterocycles. The van der Waals surface area contributed by atoms with E-state index >= 15 is 0 Å². The van der Waals surface area contributed by atoms with Crippen molar-refractivity contribution in [2.24, 2.45) is 0 Å². The number of H-pyrrole nitrogens is 1. The van der Waals surface area contributed by atoms with Crippen LogP contribution >= 0.6 is 11.3 Å². The van der Waals surface area contributed by atoms with Crippen LogP contribution < -0.4 is 10.9 Å². The van der Waals surface area contributed by atoms with Crippen LogP contribution in [0.5, 0.6) is 0 Å². The maximum Gasteiger partial charge on any atom is 0.330 e. The van der Waals surface area contributed by atoms with Crippen molar-refractivity contribution in [1.29, 1.82) is 0 Å². The Morgan fingerprint density at radius 3 is 2.68 bits per heavy atom. The van der Waals surface area contributed by atoms with Gasteiger partial charge in [-0.25, -0.2) is 4.79 Å². The lowest BCUT2D eigenvalue weighted by molar-refractivity contribution is -0.150. The first-order valence-electron chi connectivity index (χ1n) is 10.5. The van der Waals surface area contributed by atoms with E-state index < -0.39 is 24.3 Å². The van der Waals surface area contributed by atoms with Crippen LogP contribution in [0.1, 0.15) is 15.2 Å². The van der Waals surface area contributed by atoms with E-state index in [0.29, 0.717) is 15.8 Å². The molecule has 5 aromatic rings. The predicted octanol–water partition coefficient (Wildman–Crippen LogP) is 2.88. The van der Waals surface area contributed by atoms with Gasteiger partial charge in [0.2, 0.25) is 0 Å². The van der Waals surface area contributed by atoms with Gasteiger partial charge in [0.1, 0.15) is 11.6 Å². The molecule has 0 aliphatic carbocycles. The minimum absolute atomic E-state index is 0.207. The summed E-state index contributed by atoms with van der Waals surface area (Å²) in [4.78, 5) is 42.0. The van der Waals surface area contributed by atoms with Crippen molar-refractivity contribution >= 4 is 45.0 Å². The first-order valence-corrected chi connectivity index (χ1v) is 11.4. The van der Waals surface area contributed by atoms with Crippen molar-refractivity contribution in [3.05, 3.63) is 93.0 Å². The number of nitrogens with one attached hydrogen (secondary N) is 2. The molecule has 0 saturated carbocycles. The van der Waals surface area contributed by atoms with Gasteiger partial charge in [0.05, 0.1) is 10.3 Å². The monoisotopic (exact) mass is 473 g/mol. The van der Waals surface area contributed by atoms with Crippen LogP contribution in [0.15, 0.2) is 77.0 Å². The number of hydrogen-bond donors (Lipinski definition) is 2. The van der Waals surface area contributed by atoms with Crippen LogP contribution in [-0.4, -0.2) is 37.9 Å². The second-order valence-corrected chi connectivity index (χ2v) is 8.52. The molecule has 0 radical (unpaired) electrons. The Labute approximate surface area is 197 Å². The second kappa shape index (κ2) is 9.28. The van der Waals surface area contributed by atoms with Gasteiger partial charge in [-0.1, -0.05) is 41.6 Å². The first-order chi connectivity index (χ1) is 16.6. The molecule has 9 nitrogen and oxygen atoms in total. The minimum atomic E-state index is -0.974. The Kier molecular flexibility index (Phi) is 5.88. The third kappa shape index (κ3) is 4.30. The molecular weight excluding hydrogens is 454 g/mol. The average Bonchev–Trinajstić information content (AvgIpc) is 3.54. The van der Waals surface area contributed by atoms with Gasteiger partial charge in [0.15, 0.2) is 6.73 Å². The maximum absolute atomic E-state index is 13.1. The molecule has 1 amide bonds. The van der Waals surface area contributed by atoms with Crippen LogP contribution in [0.2, 0.25) is 0 Å². The number of aromatic amines is 1. The lowest BCUT2D eigenvalue weighted by atomic mass is 10.0. The van der Waals surface area contributed by atoms with Crippen LogP contribution in [0.3, 0.4) is 0 Å². The van der Waals surface area contributed by atoms with E-state index in [2.05, 4.69) is 20.6 Å². The number of aromatic nitrogens is 4. The fraction of sp³-hybridized carbons (Fsp3) is 0.125. The Morgan fingerprint density at radius 1 is 1.06 bits per heavy atom. The molecule has 1 atom stereocenters. The third-order valence-electron chi connectivity index (χ3n) is 5.39. The SMILES string of the molecule is O=C(NC(Cc1c[nH]c2ccccc12)C(=O)OCn1nnc2ccccc2c1=O)c1cccs1. The lowest BCUT2D eigenvalue weighted by Gasteiger charge is -2.17. The quantitative estimate of drug-likeness (QED) is 0.351. The smallest absolute Gasteiger partial charge is 0.330 e. The molecule has 0 spiro atoms. The molecule has 0 fully saturated rings. The zero-order valence-corrected chi connectivity index (χ0v) is 18.6. The highest BCUT2D eigenvalue weighted by atomic mass is 32.1. The summed E-state index contributed by atoms with van der Waals surface area (Å²) in [7, 11) is 0. The number of para-hydroxylation sites is 1. The molecule has 0 aliphatic heterocycles. The number of benzene rings is 2. The average molecular weight is 474 g/mol. The number of nitrogens with zero attached hydrogens (tertiary/aromatic N) is 3. The topological polar surface area (TPSA) is 119 Å². The van der Waals surface area contributed by atoms with Crippen LogP contribution in [0.25, 0.3) is 21.8 Å². The number of hydrogen-bond acceptors (Lipinski definition) is 7. The highest BCUT2D eigenvalue weighted by molar-refractivity contribution is 7.12. The number of thiophene rings is 1. The van der Waals surface area contributed by atoms with Gasteiger partial charge in [0.25, 0.3) is 11.5 Å². The summed E-state index contributed by atoms with van der Waals surface area (Å²) >= 11 is 1.27. The maximum atomic E-state index is 13.1. The van der Waals surface area contributed by atoms with Crippen molar-refractivity contribution in [2.45, 2.75) is 19.2 Å². The molecule has 3 heterocycles. The van der Waals surface area contributed by atoms with Crippen molar-refractivity contribution in [1.82, 2.24) is 25.3 Å². The van der Waals surface area contributed by atoms with Gasteiger partial charge >= 0.3 is 5.97 Å². The molecule has 2 N–H and O–H groups in total. The predicted molar refractivity (Wildman–Crippen MR) is 127 cm³/mol. The van der Waals surface area contributed by atoms with Gasteiger partial charge < -0.3 is 15.0 Å². The third-order valence-corrected chi connectivity index (χ3v) is 6.26. The molecule has 1 unspecified atom stereocenters. The summed E-state index contributed by atoms with van der Waals surface area (Å²) in [5.74, 6) is -1.06. The molecule has 170 valence electrons. The van der Waals surface area contributed by atoms with Crippen LogP contribution in [-0.2, 0) is 22.7 Å². The molecule has 5 rings (SSSR count). The van der Waals surface area contributed by atoms with E-state index in [9.17, 15) is 14.4 Å². The van der Waals surface area contributed by atoms with Crippen molar-refractivity contribution in [2.75, 3.05) is 0 Å². The van der Waals surface area contributed by atoms with Gasteiger partial charge in [-0.05, 0) is 35.2 Å². The number of carbonyl (C=O) groups excluding carboxylic acids is 2. The first kappa shape index (κ1) is 21.5. The van der Waals surface area contributed by atoms with Crippen molar-refractivity contribution in [3.8, 4) is 0 Å². The van der Waals surface area contributed by atoms with E-state index in [4.69, 9.17) is 4.74 Å². The minimum Gasteiger partial charge on any atom is -0.441 e. The Bertz CT molecular complexity index is 1540. The summed E-state index contributed by atoms with van der Waals surface area (Å²) in [6, 6.07) is 16.9. The number of esters is 1. The number of rotatable bonds is 7. The van der Waals surface area contributed by atoms with E-state index in [1.54, 1.807) is 41.8 Å². The molecule has 10 heteroatoms. The second-order valence-electron chi connectivity index (χ2n) is 7.57. The van der Waals surface area contributed by atoms with Crippen molar-refractivity contribution in [3.63, 3.8) is 0 Å². The number of amides is 1. The highest BCUT2D eigenvalue weighted by Crippen LogP contribution is 2.20. The molecule has 2 aromatic carbocycles. The van der Waals surface area contributed by atoms with E-state index in [1.807, 2.05) is 30.5 Å². The summed E-state index contributed by atoms with van der Waals surface area (Å²) < 4.78 is 6.38. The van der Waals surface area contributed by atoms with Gasteiger partial charge in [-0.2, -0.15) is 4.68 Å². The van der Waals surface area contributed by atoms with Crippen LogP contribution in [0, 0.1) is 0 Å². The number of carbonyl (C=O) groups is 2. The van der Waals surface area contributed by atoms with E-state index in [0.717, 1.165) is 21.1 Å². The van der Waals surface area contributed by atoms with Crippen molar-refractivity contribution < 1.29 is 14.3 Å². The lowest BCUT2D eigenvalue weighted by Crippen LogP contribution is -2.43. The van der Waals surface area contributed by atoms with E-state index in [-0.39, 0.29) is 12.3 Å². The summed E-state index contributed by atoms with van der Waals surface area (Å²) in [6.45, 7) is -0.422. The fourth-order valence-corrected chi connectivity index (χ4v) is 4.31. The molecule has 0 bridgehead atoms. The van der Waals surface area contributed by atoms with Gasteiger partial charge in [-0.15, -0.1) is 16.4 Å². The molecular formula is C24H19N5O4S. The Hall–Kier alpha value is -4.31. The summed E-state index contributed by atoms with van der Waals surface area (Å²) in [5, 5.41) is 13.7. The van der Waals surface area contributed by atoms with Crippen LogP contribution in [0.4, 0.5) is 0 Å². The fourth-order valence-electron chi connectivity index (χ4n) is 3.68. The Morgan fingerprint density at radius 2 is 1.85 bits per heavy atom. The van der Waals surface area contributed by atoms with E-state index in [1.165, 1.54) is 11.3 Å². The summed E-state index contributed by atoms with van der Waals surface area (Å²) in [6.07, 6.45) is 2.01. The standard InChI is InChI=1S/C24H19N5O4S/c30-22(21-10-5-11-34-21)26-20(12-15-13-25-18-8-3-1-6-16(15)18)24(32)33-14-29-23(31)17-7-2-4-9-19(17)27-28-29/h1-11,13,20,25H,12,14H2,(H,26,30). The highest BCUT2D eigenvalue weighted by Gasteiger charge is 2.25. The molecule has 34 heavy (non-hydrogen) atoms. The summed E-state index contributed by atoms with van der Waals surface area (Å²) in [5.41, 5.74) is 1.81. The largest absolute Gasteiger partial charge is 0.441 e. The Balaban J connectivity index is 1.37.